The van der Waals surface area contributed by atoms with Gasteiger partial charge in [0.25, 0.3) is 0 Å². The van der Waals surface area contributed by atoms with Crippen LogP contribution in [0.3, 0.4) is 0 Å². The van der Waals surface area contributed by atoms with Crippen molar-refractivity contribution < 1.29 is 0 Å². The van der Waals surface area contributed by atoms with Crippen LogP contribution in [-0.2, 0) is 0 Å². The normalized spacial score (nSPS) is 11.5. The molecule has 0 spiro atoms. The Morgan fingerprint density at radius 3 is 1.41 bits per heavy atom. The Bertz CT molecular complexity index is 3590. The smallest absolute Gasteiger partial charge is 0.0562 e. The zero-order valence-corrected chi connectivity index (χ0v) is 34.5. The van der Waals surface area contributed by atoms with Gasteiger partial charge in [0.1, 0.15) is 0 Å². The van der Waals surface area contributed by atoms with E-state index in [2.05, 4.69) is 263 Å². The molecule has 296 valence electrons. The number of anilines is 3. The summed E-state index contributed by atoms with van der Waals surface area (Å²) in [4.78, 5) is 2.43. The van der Waals surface area contributed by atoms with Crippen molar-refractivity contribution in [2.24, 2.45) is 0 Å². The summed E-state index contributed by atoms with van der Waals surface area (Å²) >= 11 is 0. The van der Waals surface area contributed by atoms with Gasteiger partial charge in [0.2, 0.25) is 0 Å². The molecule has 12 rings (SSSR count). The minimum Gasteiger partial charge on any atom is -0.310 e. The summed E-state index contributed by atoms with van der Waals surface area (Å²) in [5.74, 6) is 0. The minimum absolute atomic E-state index is 1.08. The molecular weight excluding hydrogens is 763 g/mol. The molecule has 3 nitrogen and oxygen atoms in total. The highest BCUT2D eigenvalue weighted by Crippen LogP contribution is 2.45. The van der Waals surface area contributed by atoms with Gasteiger partial charge in [-0.15, -0.1) is 0 Å². The lowest BCUT2D eigenvalue weighted by Gasteiger charge is -2.26. The first-order valence-electron chi connectivity index (χ1n) is 21.6. The first kappa shape index (κ1) is 36.5. The summed E-state index contributed by atoms with van der Waals surface area (Å²) in [5, 5.41) is 4.87. The lowest BCUT2D eigenvalue weighted by atomic mass is 9.99. The molecule has 0 aliphatic rings. The van der Waals surface area contributed by atoms with Gasteiger partial charge in [0, 0.05) is 50.0 Å². The summed E-state index contributed by atoms with van der Waals surface area (Å²) in [6, 6.07) is 90.2. The molecule has 0 fully saturated rings. The van der Waals surface area contributed by atoms with Gasteiger partial charge >= 0.3 is 0 Å². The Morgan fingerprint density at radius 1 is 0.254 bits per heavy atom. The fourth-order valence-corrected chi connectivity index (χ4v) is 9.62. The molecule has 0 aliphatic carbocycles. The molecule has 0 saturated heterocycles. The lowest BCUT2D eigenvalue weighted by Crippen LogP contribution is -2.10. The lowest BCUT2D eigenvalue weighted by molar-refractivity contribution is 1.17. The Kier molecular flexibility index (Phi) is 8.83. The number of aromatic nitrogens is 2. The Balaban J connectivity index is 1.12. The fourth-order valence-electron chi connectivity index (χ4n) is 9.62. The van der Waals surface area contributed by atoms with Crippen molar-refractivity contribution in [1.82, 2.24) is 9.13 Å². The van der Waals surface area contributed by atoms with Gasteiger partial charge in [-0.25, -0.2) is 0 Å². The maximum atomic E-state index is 2.43. The number of nitrogens with zero attached hydrogens (tertiary/aromatic N) is 3. The quantitative estimate of drug-likeness (QED) is 0.149. The maximum absolute atomic E-state index is 2.43. The molecule has 0 atom stereocenters. The van der Waals surface area contributed by atoms with E-state index in [-0.39, 0.29) is 0 Å². The molecule has 0 radical (unpaired) electrons. The second kappa shape index (κ2) is 15.3. The van der Waals surface area contributed by atoms with E-state index in [1.165, 1.54) is 66.0 Å². The summed E-state index contributed by atoms with van der Waals surface area (Å²) < 4.78 is 4.84. The van der Waals surface area contributed by atoms with Crippen LogP contribution in [-0.4, -0.2) is 9.13 Å². The van der Waals surface area contributed by atoms with E-state index >= 15 is 0 Å². The molecule has 0 saturated carbocycles. The summed E-state index contributed by atoms with van der Waals surface area (Å²) in [7, 11) is 0. The van der Waals surface area contributed by atoms with Crippen molar-refractivity contribution in [2.45, 2.75) is 0 Å². The van der Waals surface area contributed by atoms with Crippen molar-refractivity contribution in [3.63, 3.8) is 0 Å². The predicted octanol–water partition coefficient (Wildman–Crippen LogP) is 16.4. The highest BCUT2D eigenvalue weighted by atomic mass is 15.1. The van der Waals surface area contributed by atoms with Crippen LogP contribution in [0.25, 0.3) is 88.4 Å². The Labute approximate surface area is 366 Å². The van der Waals surface area contributed by atoms with E-state index in [1.54, 1.807) is 0 Å². The van der Waals surface area contributed by atoms with Crippen LogP contribution in [0.1, 0.15) is 0 Å². The molecule has 12 aromatic rings. The third-order valence-corrected chi connectivity index (χ3v) is 12.5. The molecule has 3 heteroatoms. The zero-order chi connectivity index (χ0) is 41.7. The second-order valence-corrected chi connectivity index (χ2v) is 16.2. The van der Waals surface area contributed by atoms with E-state index in [0.717, 1.165) is 39.5 Å². The van der Waals surface area contributed by atoms with E-state index in [9.17, 15) is 0 Å². The van der Waals surface area contributed by atoms with Crippen molar-refractivity contribution in [2.75, 3.05) is 4.90 Å². The molecule has 2 aromatic heterocycles. The first-order valence-corrected chi connectivity index (χ1v) is 21.6. The molecular formula is C60H41N3. The van der Waals surface area contributed by atoms with Gasteiger partial charge in [0.05, 0.1) is 22.1 Å². The van der Waals surface area contributed by atoms with Crippen LogP contribution in [0.15, 0.2) is 249 Å². The van der Waals surface area contributed by atoms with Gasteiger partial charge in [-0.05, 0) is 112 Å². The number of hydrogen-bond acceptors (Lipinski definition) is 1. The molecule has 0 aliphatic heterocycles. The van der Waals surface area contributed by atoms with Gasteiger partial charge in [-0.2, -0.15) is 0 Å². The molecule has 0 N–H and O–H groups in total. The van der Waals surface area contributed by atoms with Crippen molar-refractivity contribution in [1.29, 1.82) is 0 Å². The van der Waals surface area contributed by atoms with Crippen LogP contribution in [0.5, 0.6) is 0 Å². The number of hydrogen-bond donors (Lipinski definition) is 0. The monoisotopic (exact) mass is 803 g/mol. The minimum atomic E-state index is 1.08. The van der Waals surface area contributed by atoms with E-state index < -0.39 is 0 Å². The molecule has 2 heterocycles. The number of benzene rings is 10. The van der Waals surface area contributed by atoms with Crippen LogP contribution in [0.2, 0.25) is 0 Å². The van der Waals surface area contributed by atoms with Crippen LogP contribution >= 0.6 is 0 Å². The molecule has 0 unspecified atom stereocenters. The third kappa shape index (κ3) is 6.29. The molecule has 63 heavy (non-hydrogen) atoms. The van der Waals surface area contributed by atoms with E-state index in [0.29, 0.717) is 0 Å². The third-order valence-electron chi connectivity index (χ3n) is 12.5. The SMILES string of the molecule is c1ccc(-c2cccc(N(c3ccc4c(c3)c3ccc(-c5ccccc5)cc3n4-c3ccccc3)c3ccc4c5c(-c6ccccc6)cccc5n(-c5ccccc5)c4c3)c2)cc1. The standard InChI is InChI=1S/C60H41N3/c1-6-18-42(19-7-1)45-24-16-29-49(38-45)61(50-34-37-56-55(40-50)53-35-32-46(43-20-8-2-9-21-43)39-58(53)62(56)47-25-12-4-13-26-47)51-33-36-54-59(41-51)63(48-27-14-5-15-28-48)57-31-17-30-52(60(54)57)44-22-10-3-11-23-44/h1-41H. The second-order valence-electron chi connectivity index (χ2n) is 16.2. The number of fused-ring (bicyclic) bond motifs is 6. The highest BCUT2D eigenvalue weighted by molar-refractivity contribution is 6.17. The van der Waals surface area contributed by atoms with Gasteiger partial charge < -0.3 is 14.0 Å². The maximum Gasteiger partial charge on any atom is 0.0562 e. The van der Waals surface area contributed by atoms with Gasteiger partial charge in [-0.1, -0.05) is 170 Å². The Hall–Kier alpha value is -8.40. The van der Waals surface area contributed by atoms with E-state index in [4.69, 9.17) is 0 Å². The molecule has 0 bridgehead atoms. The molecule has 10 aromatic carbocycles. The summed E-state index contributed by atoms with van der Waals surface area (Å²) in [5.41, 5.74) is 17.4. The van der Waals surface area contributed by atoms with Crippen LogP contribution < -0.4 is 4.90 Å². The average Bonchev–Trinajstić information content (AvgIpc) is 3.87. The Morgan fingerprint density at radius 2 is 0.746 bits per heavy atom. The van der Waals surface area contributed by atoms with Crippen LogP contribution in [0.4, 0.5) is 17.1 Å². The predicted molar refractivity (Wildman–Crippen MR) is 266 cm³/mol. The number of rotatable bonds is 8. The fraction of sp³-hybridized carbons (Fsp3) is 0. The zero-order valence-electron chi connectivity index (χ0n) is 34.5. The summed E-state index contributed by atoms with van der Waals surface area (Å²) in [6.45, 7) is 0. The van der Waals surface area contributed by atoms with Crippen molar-refractivity contribution in [3.05, 3.63) is 249 Å². The van der Waals surface area contributed by atoms with Gasteiger partial charge in [0.15, 0.2) is 0 Å². The van der Waals surface area contributed by atoms with Gasteiger partial charge in [-0.3, -0.25) is 0 Å². The topological polar surface area (TPSA) is 13.1 Å². The largest absolute Gasteiger partial charge is 0.310 e. The van der Waals surface area contributed by atoms with Crippen LogP contribution in [0, 0.1) is 0 Å². The number of para-hydroxylation sites is 2. The van der Waals surface area contributed by atoms with E-state index in [1.807, 2.05) is 0 Å². The van der Waals surface area contributed by atoms with Crippen molar-refractivity contribution >= 4 is 60.7 Å². The molecule has 0 amide bonds. The first-order chi connectivity index (χ1) is 31.3. The average molecular weight is 804 g/mol. The highest BCUT2D eigenvalue weighted by Gasteiger charge is 2.22. The van der Waals surface area contributed by atoms with Crippen molar-refractivity contribution in [3.8, 4) is 44.8 Å². The summed E-state index contributed by atoms with van der Waals surface area (Å²) in [6.07, 6.45) is 0.